The average molecular weight is 442 g/mol. The van der Waals surface area contributed by atoms with Gasteiger partial charge in [0.2, 0.25) is 0 Å². The SMILES string of the molecule is Cc1cc2ccccc2c2nnc(-c3ccc(-c4cccc5c4sc4ccccc45)cc3)n12. The summed E-state index contributed by atoms with van der Waals surface area (Å²) in [5.74, 6) is 0.875. The standard InChI is InChI=1S/C29H19N3S/c1-18-17-21-7-2-3-8-23(21)29-31-30-28(32(18)29)20-15-13-19(14-16-20)22-10-6-11-25-24-9-4-5-12-26(24)33-27(22)25/h2-17H,1H3. The number of nitrogens with zero attached hydrogens (tertiary/aromatic N) is 3. The van der Waals surface area contributed by atoms with Crippen molar-refractivity contribution in [3.05, 3.63) is 103 Å². The molecule has 0 radical (unpaired) electrons. The second-order valence-corrected chi connectivity index (χ2v) is 9.47. The maximum Gasteiger partial charge on any atom is 0.169 e. The summed E-state index contributed by atoms with van der Waals surface area (Å²) >= 11 is 1.86. The summed E-state index contributed by atoms with van der Waals surface area (Å²) in [6.45, 7) is 2.11. The fraction of sp³-hybridized carbons (Fsp3) is 0.0345. The van der Waals surface area contributed by atoms with Gasteiger partial charge < -0.3 is 0 Å². The van der Waals surface area contributed by atoms with Crippen molar-refractivity contribution in [1.82, 2.24) is 14.6 Å². The zero-order valence-corrected chi connectivity index (χ0v) is 18.8. The molecule has 7 rings (SSSR count). The topological polar surface area (TPSA) is 30.2 Å². The molecule has 0 aliphatic carbocycles. The first-order valence-corrected chi connectivity index (χ1v) is 11.8. The Bertz CT molecular complexity index is 1820. The van der Waals surface area contributed by atoms with E-state index in [9.17, 15) is 0 Å². The molecule has 0 N–H and O–H groups in total. The average Bonchev–Trinajstić information content (AvgIpc) is 3.47. The Morgan fingerprint density at radius 2 is 1.39 bits per heavy atom. The van der Waals surface area contributed by atoms with Crippen molar-refractivity contribution < 1.29 is 0 Å². The molecule has 0 amide bonds. The molecule has 0 unspecified atom stereocenters. The number of rotatable bonds is 2. The van der Waals surface area contributed by atoms with Gasteiger partial charge in [-0.25, -0.2) is 0 Å². The fourth-order valence-electron chi connectivity index (χ4n) is 4.87. The molecule has 4 heteroatoms. The van der Waals surface area contributed by atoms with Gasteiger partial charge in [-0.1, -0.05) is 84.9 Å². The molecule has 0 aliphatic rings. The minimum Gasteiger partial charge on any atom is -0.279 e. The normalized spacial score (nSPS) is 11.8. The lowest BCUT2D eigenvalue weighted by atomic mass is 10.0. The summed E-state index contributed by atoms with van der Waals surface area (Å²) in [4.78, 5) is 0. The van der Waals surface area contributed by atoms with Crippen LogP contribution in [0.4, 0.5) is 0 Å². The van der Waals surface area contributed by atoms with Gasteiger partial charge in [0.1, 0.15) is 0 Å². The van der Waals surface area contributed by atoms with E-state index in [1.807, 2.05) is 11.3 Å². The van der Waals surface area contributed by atoms with Gasteiger partial charge in [-0.05, 0) is 35.6 Å². The lowest BCUT2D eigenvalue weighted by molar-refractivity contribution is 1.08. The third kappa shape index (κ3) is 2.74. The summed E-state index contributed by atoms with van der Waals surface area (Å²) < 4.78 is 4.82. The lowest BCUT2D eigenvalue weighted by Gasteiger charge is -2.08. The Morgan fingerprint density at radius 3 is 2.27 bits per heavy atom. The molecular formula is C29H19N3S. The van der Waals surface area contributed by atoms with Crippen LogP contribution in [0.25, 0.3) is 59.1 Å². The predicted octanol–water partition coefficient (Wildman–Crippen LogP) is 7.89. The molecule has 0 spiro atoms. The van der Waals surface area contributed by atoms with Crippen molar-refractivity contribution in [3.8, 4) is 22.5 Å². The molecule has 156 valence electrons. The van der Waals surface area contributed by atoms with E-state index in [2.05, 4.69) is 119 Å². The molecule has 0 saturated heterocycles. The first-order valence-electron chi connectivity index (χ1n) is 11.0. The van der Waals surface area contributed by atoms with E-state index in [4.69, 9.17) is 0 Å². The highest BCUT2D eigenvalue weighted by atomic mass is 32.1. The van der Waals surface area contributed by atoms with Crippen molar-refractivity contribution in [2.24, 2.45) is 0 Å². The minimum atomic E-state index is 0.875. The molecule has 4 aromatic carbocycles. The molecular weight excluding hydrogens is 422 g/mol. The van der Waals surface area contributed by atoms with Crippen molar-refractivity contribution in [3.63, 3.8) is 0 Å². The van der Waals surface area contributed by atoms with E-state index in [0.29, 0.717) is 0 Å². The zero-order valence-electron chi connectivity index (χ0n) is 18.0. The molecule has 33 heavy (non-hydrogen) atoms. The number of hydrogen-bond donors (Lipinski definition) is 0. The third-order valence-electron chi connectivity index (χ3n) is 6.44. The largest absolute Gasteiger partial charge is 0.279 e. The van der Waals surface area contributed by atoms with Crippen molar-refractivity contribution in [1.29, 1.82) is 0 Å². The van der Waals surface area contributed by atoms with Crippen LogP contribution in [0, 0.1) is 6.92 Å². The summed E-state index contributed by atoms with van der Waals surface area (Å²) in [6.07, 6.45) is 0. The van der Waals surface area contributed by atoms with Gasteiger partial charge in [0.05, 0.1) is 0 Å². The highest BCUT2D eigenvalue weighted by Gasteiger charge is 2.14. The molecule has 0 aliphatic heterocycles. The Hall–Kier alpha value is -4.02. The summed E-state index contributed by atoms with van der Waals surface area (Å²) in [5, 5.41) is 14.1. The van der Waals surface area contributed by atoms with E-state index < -0.39 is 0 Å². The fourth-order valence-corrected chi connectivity index (χ4v) is 6.11. The van der Waals surface area contributed by atoms with E-state index in [-0.39, 0.29) is 0 Å². The van der Waals surface area contributed by atoms with Crippen LogP contribution in [0.1, 0.15) is 5.69 Å². The van der Waals surface area contributed by atoms with Gasteiger partial charge in [0.25, 0.3) is 0 Å². The molecule has 0 fully saturated rings. The van der Waals surface area contributed by atoms with E-state index in [1.165, 1.54) is 36.7 Å². The summed E-state index contributed by atoms with van der Waals surface area (Å²) in [6, 6.07) is 34.5. The first-order chi connectivity index (χ1) is 16.3. The van der Waals surface area contributed by atoms with E-state index in [0.717, 1.165) is 28.1 Å². The summed E-state index contributed by atoms with van der Waals surface area (Å²) in [5.41, 5.74) is 5.58. The number of pyridine rings is 1. The van der Waals surface area contributed by atoms with Gasteiger partial charge in [-0.3, -0.25) is 4.40 Å². The predicted molar refractivity (Wildman–Crippen MR) is 139 cm³/mol. The Balaban J connectivity index is 1.37. The smallest absolute Gasteiger partial charge is 0.169 e. The van der Waals surface area contributed by atoms with Crippen LogP contribution in [-0.2, 0) is 0 Å². The van der Waals surface area contributed by atoms with Crippen LogP contribution >= 0.6 is 11.3 Å². The third-order valence-corrected chi connectivity index (χ3v) is 7.66. The molecule has 7 aromatic rings. The van der Waals surface area contributed by atoms with Crippen LogP contribution in [0.5, 0.6) is 0 Å². The summed E-state index contributed by atoms with van der Waals surface area (Å²) in [7, 11) is 0. The molecule has 0 saturated carbocycles. The first kappa shape index (κ1) is 18.5. The number of aryl methyl sites for hydroxylation is 1. The second kappa shape index (κ2) is 6.99. The van der Waals surface area contributed by atoms with Crippen LogP contribution in [0.3, 0.4) is 0 Å². The van der Waals surface area contributed by atoms with Crippen molar-refractivity contribution in [2.45, 2.75) is 6.92 Å². The van der Waals surface area contributed by atoms with Gasteiger partial charge in [0.15, 0.2) is 11.5 Å². The van der Waals surface area contributed by atoms with Crippen LogP contribution in [0.2, 0.25) is 0 Å². The second-order valence-electron chi connectivity index (χ2n) is 8.41. The molecule has 3 heterocycles. The minimum absolute atomic E-state index is 0.875. The number of hydrogen-bond acceptors (Lipinski definition) is 3. The van der Waals surface area contributed by atoms with Crippen molar-refractivity contribution >= 4 is 47.9 Å². The van der Waals surface area contributed by atoms with Crippen LogP contribution in [-0.4, -0.2) is 14.6 Å². The lowest BCUT2D eigenvalue weighted by Crippen LogP contribution is -1.95. The Morgan fingerprint density at radius 1 is 0.667 bits per heavy atom. The Kier molecular flexibility index (Phi) is 3.93. The number of fused-ring (bicyclic) bond motifs is 6. The monoisotopic (exact) mass is 441 g/mol. The maximum atomic E-state index is 4.57. The van der Waals surface area contributed by atoms with Crippen LogP contribution < -0.4 is 0 Å². The van der Waals surface area contributed by atoms with E-state index in [1.54, 1.807) is 0 Å². The van der Waals surface area contributed by atoms with Crippen LogP contribution in [0.15, 0.2) is 97.1 Å². The zero-order chi connectivity index (χ0) is 21.9. The number of thiophene rings is 1. The molecule has 0 bridgehead atoms. The number of aromatic nitrogens is 3. The maximum absolute atomic E-state index is 4.57. The quantitative estimate of drug-likeness (QED) is 0.273. The highest BCUT2D eigenvalue weighted by Crippen LogP contribution is 2.40. The van der Waals surface area contributed by atoms with Gasteiger partial charge in [-0.15, -0.1) is 21.5 Å². The van der Waals surface area contributed by atoms with Crippen molar-refractivity contribution in [2.75, 3.05) is 0 Å². The molecule has 0 atom stereocenters. The molecule has 3 nitrogen and oxygen atoms in total. The van der Waals surface area contributed by atoms with Gasteiger partial charge in [-0.2, -0.15) is 0 Å². The van der Waals surface area contributed by atoms with E-state index >= 15 is 0 Å². The Labute approximate surface area is 194 Å². The van der Waals surface area contributed by atoms with Gasteiger partial charge in [0, 0.05) is 36.8 Å². The van der Waals surface area contributed by atoms with Gasteiger partial charge >= 0.3 is 0 Å². The molecule has 3 aromatic heterocycles. The highest BCUT2D eigenvalue weighted by molar-refractivity contribution is 7.26. The number of benzene rings is 4.